The fourth-order valence-corrected chi connectivity index (χ4v) is 6.16. The molecule has 6 fully saturated rings. The normalized spacial score (nSPS) is 104. The Morgan fingerprint density at radius 1 is 1.00 bits per heavy atom. The first-order valence-corrected chi connectivity index (χ1v) is 4.53. The van der Waals surface area contributed by atoms with Crippen molar-refractivity contribution in [1.82, 2.24) is 0 Å². The summed E-state index contributed by atoms with van der Waals surface area (Å²) in [5, 5.41) is 0. The number of hydrogen-bond donors (Lipinski definition) is 1. The molecule has 0 radical (unpaired) electrons. The molecule has 6 aliphatic rings. The van der Waals surface area contributed by atoms with Crippen molar-refractivity contribution in [2.24, 2.45) is 46.7 Å². The van der Waals surface area contributed by atoms with Crippen LogP contribution in [-0.4, -0.2) is 5.54 Å². The van der Waals surface area contributed by atoms with Crippen LogP contribution in [0.2, 0.25) is 0 Å². The summed E-state index contributed by atoms with van der Waals surface area (Å²) in [5.74, 6) is 6.65. The summed E-state index contributed by atoms with van der Waals surface area (Å²) < 4.78 is 0. The molecule has 6 rings (SSSR count). The van der Waals surface area contributed by atoms with E-state index in [1.807, 2.05) is 0 Å². The van der Waals surface area contributed by atoms with E-state index in [0.29, 0.717) is 11.0 Å². The van der Waals surface area contributed by atoms with E-state index in [1.165, 1.54) is 5.92 Å². The van der Waals surface area contributed by atoms with Gasteiger partial charge in [0.15, 0.2) is 0 Å². The van der Waals surface area contributed by atoms with Gasteiger partial charge in [-0.05, 0) is 40.9 Å². The van der Waals surface area contributed by atoms with Gasteiger partial charge in [-0.3, -0.25) is 0 Å². The molecule has 0 spiro atoms. The SMILES string of the molecule is CC12C3C4C5C3C1(N)C5C42. The number of rotatable bonds is 0. The fourth-order valence-electron chi connectivity index (χ4n) is 6.16. The van der Waals surface area contributed by atoms with E-state index < -0.39 is 0 Å². The Hall–Kier alpha value is -0.0400. The van der Waals surface area contributed by atoms with Crippen LogP contribution in [0.15, 0.2) is 0 Å². The molecular weight excluding hydrogens is 122 g/mol. The van der Waals surface area contributed by atoms with Gasteiger partial charge in [0, 0.05) is 5.54 Å². The smallest absolute Gasteiger partial charge is 0.0283 e. The van der Waals surface area contributed by atoms with Gasteiger partial charge in [-0.1, -0.05) is 6.92 Å². The van der Waals surface area contributed by atoms with Crippen LogP contribution >= 0.6 is 0 Å². The summed E-state index contributed by atoms with van der Waals surface area (Å²) in [4.78, 5) is 0. The van der Waals surface area contributed by atoms with Crippen LogP contribution in [0.25, 0.3) is 0 Å². The molecule has 0 aliphatic heterocycles. The Morgan fingerprint density at radius 3 is 1.80 bits per heavy atom. The molecule has 10 heavy (non-hydrogen) atoms. The lowest BCUT2D eigenvalue weighted by atomic mass is 8.94. The van der Waals surface area contributed by atoms with Gasteiger partial charge in [-0.25, -0.2) is 0 Å². The molecule has 6 aliphatic carbocycles. The summed E-state index contributed by atoms with van der Waals surface area (Å²) in [6.45, 7) is 2.45. The Balaban J connectivity index is 1.91. The molecule has 52 valence electrons. The Labute approximate surface area is 60.0 Å². The maximum atomic E-state index is 6.32. The lowest BCUT2D eigenvalue weighted by molar-refractivity contribution is -0.615. The van der Waals surface area contributed by atoms with E-state index in [0.717, 1.165) is 29.6 Å². The zero-order valence-electron chi connectivity index (χ0n) is 6.04. The van der Waals surface area contributed by atoms with E-state index in [-0.39, 0.29) is 0 Å². The van der Waals surface area contributed by atoms with E-state index in [4.69, 9.17) is 5.73 Å². The zero-order valence-corrected chi connectivity index (χ0v) is 6.04. The molecule has 0 heterocycles. The van der Waals surface area contributed by atoms with E-state index >= 15 is 0 Å². The third-order valence-corrected chi connectivity index (χ3v) is 6.30. The van der Waals surface area contributed by atoms with Gasteiger partial charge in [0.05, 0.1) is 0 Å². The molecule has 2 N–H and O–H groups in total. The van der Waals surface area contributed by atoms with Gasteiger partial charge in [-0.2, -0.15) is 0 Å². The van der Waals surface area contributed by atoms with Crippen molar-refractivity contribution in [2.45, 2.75) is 12.5 Å². The van der Waals surface area contributed by atoms with Crippen LogP contribution in [0.4, 0.5) is 0 Å². The van der Waals surface area contributed by atoms with Gasteiger partial charge in [0.2, 0.25) is 0 Å². The van der Waals surface area contributed by atoms with Crippen molar-refractivity contribution in [3.8, 4) is 0 Å². The molecule has 0 bridgehead atoms. The minimum Gasteiger partial charge on any atom is -0.324 e. The van der Waals surface area contributed by atoms with Crippen LogP contribution < -0.4 is 5.73 Å². The minimum absolute atomic E-state index is 0.405. The first-order valence-electron chi connectivity index (χ1n) is 4.53. The summed E-state index contributed by atoms with van der Waals surface area (Å²) in [6.07, 6.45) is 0. The highest BCUT2D eigenvalue weighted by atomic mass is 15.2. The second-order valence-corrected chi connectivity index (χ2v) is 5.47. The Kier molecular flexibility index (Phi) is 0.260. The highest BCUT2D eigenvalue weighted by Crippen LogP contribution is 3.06. The monoisotopic (exact) mass is 133 g/mol. The number of nitrogens with two attached hydrogens (primary N) is 1. The lowest BCUT2D eigenvalue weighted by Crippen LogP contribution is -3.14. The Morgan fingerprint density at radius 2 is 1.50 bits per heavy atom. The molecule has 0 aromatic heterocycles. The molecule has 0 amide bonds. The van der Waals surface area contributed by atoms with Crippen molar-refractivity contribution in [1.29, 1.82) is 0 Å². The molecule has 4 atom stereocenters. The van der Waals surface area contributed by atoms with Crippen LogP contribution in [-0.2, 0) is 0 Å². The van der Waals surface area contributed by atoms with Gasteiger partial charge in [-0.15, -0.1) is 0 Å². The van der Waals surface area contributed by atoms with E-state index in [9.17, 15) is 0 Å². The standard InChI is InChI=1S/C9H11N/c1-8-4-2-3-6(4)9(8,10)7(3)5(2)8/h2-7H,10H2,1H3. The van der Waals surface area contributed by atoms with Crippen molar-refractivity contribution < 1.29 is 0 Å². The first-order chi connectivity index (χ1) is 4.74. The quantitative estimate of drug-likeness (QED) is 0.510. The Bertz CT molecular complexity index is 245. The fraction of sp³-hybridized carbons (Fsp3) is 1.00. The maximum absolute atomic E-state index is 6.32. The maximum Gasteiger partial charge on any atom is 0.0283 e. The van der Waals surface area contributed by atoms with Gasteiger partial charge < -0.3 is 5.73 Å². The van der Waals surface area contributed by atoms with Crippen molar-refractivity contribution in [3.05, 3.63) is 0 Å². The van der Waals surface area contributed by atoms with E-state index in [2.05, 4.69) is 6.92 Å². The summed E-state index contributed by atoms with van der Waals surface area (Å²) in [5.41, 5.74) is 7.40. The molecule has 1 heteroatoms. The van der Waals surface area contributed by atoms with Gasteiger partial charge >= 0.3 is 0 Å². The average molecular weight is 133 g/mol. The highest BCUT2D eigenvalue weighted by Gasteiger charge is 3.08. The van der Waals surface area contributed by atoms with Crippen LogP contribution in [0, 0.1) is 40.9 Å². The summed E-state index contributed by atoms with van der Waals surface area (Å²) in [6, 6.07) is 0. The van der Waals surface area contributed by atoms with Gasteiger partial charge in [0.25, 0.3) is 0 Å². The molecule has 6 saturated carbocycles. The second kappa shape index (κ2) is 0.632. The van der Waals surface area contributed by atoms with Crippen LogP contribution in [0.1, 0.15) is 6.92 Å². The third kappa shape index (κ3) is 0.104. The van der Waals surface area contributed by atoms with Crippen molar-refractivity contribution >= 4 is 0 Å². The second-order valence-electron chi connectivity index (χ2n) is 5.47. The van der Waals surface area contributed by atoms with E-state index in [1.54, 1.807) is 0 Å². The molecule has 4 unspecified atom stereocenters. The van der Waals surface area contributed by atoms with Crippen molar-refractivity contribution in [3.63, 3.8) is 0 Å². The lowest BCUT2D eigenvalue weighted by Gasteiger charge is -3.11. The third-order valence-electron chi connectivity index (χ3n) is 6.30. The average Bonchev–Trinajstić information content (AvgIpc) is 1.90. The molecule has 1 nitrogen and oxygen atoms in total. The summed E-state index contributed by atoms with van der Waals surface area (Å²) >= 11 is 0. The minimum atomic E-state index is 0.405. The molecule has 0 saturated heterocycles. The van der Waals surface area contributed by atoms with Crippen LogP contribution in [0.5, 0.6) is 0 Å². The number of hydrogen-bond acceptors (Lipinski definition) is 1. The summed E-state index contributed by atoms with van der Waals surface area (Å²) in [7, 11) is 0. The van der Waals surface area contributed by atoms with Gasteiger partial charge in [0.1, 0.15) is 0 Å². The van der Waals surface area contributed by atoms with Crippen LogP contribution in [0.3, 0.4) is 0 Å². The molecule has 0 aromatic carbocycles. The zero-order chi connectivity index (χ0) is 6.46. The molecule has 0 aromatic rings. The van der Waals surface area contributed by atoms with Crippen molar-refractivity contribution in [2.75, 3.05) is 0 Å². The highest BCUT2D eigenvalue weighted by molar-refractivity contribution is 5.57. The topological polar surface area (TPSA) is 26.0 Å². The first kappa shape index (κ1) is 4.10. The predicted octanol–water partition coefficient (Wildman–Crippen LogP) is 0.455. The largest absolute Gasteiger partial charge is 0.324 e. The molecular formula is C9H11N. The predicted molar refractivity (Wildman–Crippen MR) is 36.0 cm³/mol.